The molecule has 0 bridgehead atoms. The van der Waals surface area contributed by atoms with Crippen LogP contribution in [0.25, 0.3) is 11.4 Å². The average molecular weight is 583 g/mol. The van der Waals surface area contributed by atoms with E-state index in [1.165, 1.54) is 0 Å². The summed E-state index contributed by atoms with van der Waals surface area (Å²) in [7, 11) is 7.62. The molecular weight excluding hydrogens is 552 g/mol. The summed E-state index contributed by atoms with van der Waals surface area (Å²) in [6.45, 7) is 0. The zero-order valence-corrected chi connectivity index (χ0v) is 24.8. The number of carbonyl (C=O) groups excluding carboxylic acids is 4. The van der Waals surface area contributed by atoms with Crippen molar-refractivity contribution in [2.75, 3.05) is 38.0 Å². The molecule has 218 valence electrons. The number of hydrogen-bond donors (Lipinski definition) is 0. The lowest BCUT2D eigenvalue weighted by Crippen LogP contribution is -2.36. The molecule has 6 rings (SSSR count). The highest BCUT2D eigenvalue weighted by molar-refractivity contribution is 6.37. The fourth-order valence-electron chi connectivity index (χ4n) is 5.49. The molecule has 44 heavy (non-hydrogen) atoms. The third-order valence-corrected chi connectivity index (χ3v) is 7.77. The van der Waals surface area contributed by atoms with Gasteiger partial charge in [-0.15, -0.1) is 0 Å². The summed E-state index contributed by atoms with van der Waals surface area (Å²) < 4.78 is 0. The van der Waals surface area contributed by atoms with E-state index in [1.54, 1.807) is 84.9 Å². The Morgan fingerprint density at radius 1 is 0.477 bits per heavy atom. The van der Waals surface area contributed by atoms with Crippen LogP contribution in [0.4, 0.5) is 11.4 Å². The summed E-state index contributed by atoms with van der Waals surface area (Å²) in [5.41, 5.74) is 3.75. The molecule has 0 saturated carbocycles. The van der Waals surface area contributed by atoms with Crippen molar-refractivity contribution < 1.29 is 19.2 Å². The van der Waals surface area contributed by atoms with Gasteiger partial charge >= 0.3 is 0 Å². The van der Waals surface area contributed by atoms with Gasteiger partial charge in [-0.2, -0.15) is 0 Å². The van der Waals surface area contributed by atoms with Gasteiger partial charge in [-0.1, -0.05) is 60.7 Å². The van der Waals surface area contributed by atoms with Crippen LogP contribution in [0.5, 0.6) is 0 Å². The maximum absolute atomic E-state index is 14.5. The Kier molecular flexibility index (Phi) is 7.19. The molecule has 8 nitrogen and oxygen atoms in total. The van der Waals surface area contributed by atoms with Crippen LogP contribution in [0.1, 0.15) is 31.8 Å². The molecule has 0 aromatic heterocycles. The van der Waals surface area contributed by atoms with Crippen molar-refractivity contribution in [3.05, 3.63) is 143 Å². The highest BCUT2D eigenvalue weighted by atomic mass is 16.2. The Hall–Kier alpha value is -5.76. The van der Waals surface area contributed by atoms with Crippen molar-refractivity contribution in [3.63, 3.8) is 0 Å². The van der Waals surface area contributed by atoms with Crippen molar-refractivity contribution >= 4 is 46.4 Å². The van der Waals surface area contributed by atoms with E-state index in [9.17, 15) is 19.2 Å². The summed E-state index contributed by atoms with van der Waals surface area (Å²) >= 11 is 0. The van der Waals surface area contributed by atoms with E-state index in [2.05, 4.69) is 0 Å². The molecule has 0 aliphatic carbocycles. The predicted molar refractivity (Wildman–Crippen MR) is 171 cm³/mol. The Bertz CT molecular complexity index is 1720. The quantitative estimate of drug-likeness (QED) is 0.287. The number of nitrogens with zero attached hydrogens (tertiary/aromatic N) is 4. The van der Waals surface area contributed by atoms with Crippen molar-refractivity contribution in [1.29, 1.82) is 0 Å². The molecule has 0 atom stereocenters. The molecule has 0 radical (unpaired) electrons. The molecule has 8 heteroatoms. The smallest absolute Gasteiger partial charge is 0.268 e. The van der Waals surface area contributed by atoms with Gasteiger partial charge in [-0.05, 0) is 59.7 Å². The Labute approximate surface area is 255 Å². The van der Waals surface area contributed by atoms with Gasteiger partial charge < -0.3 is 9.80 Å². The molecule has 0 fully saturated rings. The SMILES string of the molecule is CN(C)c1ccc(C2=C3C(=O)N(C(=O)c4ccccc4)C(c4ccc(N(C)C)cc4)=C3C(=O)N2C(=O)c2ccccc2)cc1. The molecule has 0 spiro atoms. The summed E-state index contributed by atoms with van der Waals surface area (Å²) in [4.78, 5) is 62.9. The first-order valence-electron chi connectivity index (χ1n) is 14.1. The van der Waals surface area contributed by atoms with E-state index in [0.717, 1.165) is 21.2 Å². The Morgan fingerprint density at radius 3 is 1.09 bits per heavy atom. The number of hydrogen-bond acceptors (Lipinski definition) is 6. The zero-order valence-electron chi connectivity index (χ0n) is 24.8. The van der Waals surface area contributed by atoms with Crippen molar-refractivity contribution in [2.45, 2.75) is 0 Å². The molecular formula is C36H30N4O4. The number of carbonyl (C=O) groups is 4. The van der Waals surface area contributed by atoms with E-state index >= 15 is 0 Å². The highest BCUT2D eigenvalue weighted by Crippen LogP contribution is 2.47. The van der Waals surface area contributed by atoms with Crippen LogP contribution in [0.2, 0.25) is 0 Å². The van der Waals surface area contributed by atoms with Gasteiger partial charge in [0, 0.05) is 50.7 Å². The molecule has 4 aromatic carbocycles. The number of fused-ring (bicyclic) bond motifs is 1. The second kappa shape index (κ2) is 11.1. The van der Waals surface area contributed by atoms with E-state index in [-0.39, 0.29) is 22.5 Å². The highest BCUT2D eigenvalue weighted by Gasteiger charge is 2.52. The first-order chi connectivity index (χ1) is 21.2. The van der Waals surface area contributed by atoms with Gasteiger partial charge in [0.2, 0.25) is 0 Å². The minimum absolute atomic E-state index is 0.0212. The van der Waals surface area contributed by atoms with Crippen molar-refractivity contribution in [3.8, 4) is 0 Å². The summed E-state index contributed by atoms with van der Waals surface area (Å²) in [5.74, 6) is -2.45. The molecule has 0 unspecified atom stereocenters. The van der Waals surface area contributed by atoms with E-state index in [0.29, 0.717) is 22.3 Å². The maximum Gasteiger partial charge on any atom is 0.268 e. The minimum atomic E-state index is -0.663. The van der Waals surface area contributed by atoms with Crippen molar-refractivity contribution in [2.24, 2.45) is 0 Å². The topological polar surface area (TPSA) is 81.2 Å². The van der Waals surface area contributed by atoms with Crippen LogP contribution in [-0.4, -0.2) is 61.6 Å². The van der Waals surface area contributed by atoms with Crippen LogP contribution in [0, 0.1) is 0 Å². The van der Waals surface area contributed by atoms with Crippen LogP contribution in [-0.2, 0) is 9.59 Å². The minimum Gasteiger partial charge on any atom is -0.378 e. The van der Waals surface area contributed by atoms with Crippen LogP contribution >= 0.6 is 0 Å². The zero-order chi connectivity index (χ0) is 31.1. The second-order valence-corrected chi connectivity index (χ2v) is 11.0. The molecule has 4 amide bonds. The lowest BCUT2D eigenvalue weighted by molar-refractivity contribution is -0.122. The normalized spacial score (nSPS) is 14.4. The molecule has 0 N–H and O–H groups in total. The maximum atomic E-state index is 14.5. The van der Waals surface area contributed by atoms with Gasteiger partial charge in [0.25, 0.3) is 23.6 Å². The largest absolute Gasteiger partial charge is 0.378 e. The van der Waals surface area contributed by atoms with E-state index in [4.69, 9.17) is 0 Å². The second-order valence-electron chi connectivity index (χ2n) is 11.0. The van der Waals surface area contributed by atoms with Crippen LogP contribution in [0.3, 0.4) is 0 Å². The molecule has 2 heterocycles. The molecule has 4 aromatic rings. The number of imide groups is 2. The number of benzene rings is 4. The lowest BCUT2D eigenvalue weighted by Gasteiger charge is -2.24. The fourth-order valence-corrected chi connectivity index (χ4v) is 5.49. The molecule has 0 saturated heterocycles. The van der Waals surface area contributed by atoms with Gasteiger partial charge in [-0.25, -0.2) is 9.80 Å². The fraction of sp³-hybridized carbons (Fsp3) is 0.111. The summed E-state index contributed by atoms with van der Waals surface area (Å²) in [6.07, 6.45) is 0. The van der Waals surface area contributed by atoms with Crippen molar-refractivity contribution in [1.82, 2.24) is 9.80 Å². The molecule has 2 aliphatic rings. The standard InChI is InChI=1S/C36H30N4O4/c1-37(2)27-19-15-23(16-20-27)31-29-30(36(44)39(31)33(41)25-11-7-5-8-12-25)32(24-17-21-28(22-18-24)38(3)4)40(35(29)43)34(42)26-13-9-6-10-14-26/h5-22H,1-4H3. The average Bonchev–Trinajstić information content (AvgIpc) is 3.52. The first kappa shape index (κ1) is 28.4. The third-order valence-electron chi connectivity index (χ3n) is 7.77. The predicted octanol–water partition coefficient (Wildman–Crippen LogP) is 5.31. The lowest BCUT2D eigenvalue weighted by atomic mass is 10.0. The first-order valence-corrected chi connectivity index (χ1v) is 14.1. The summed E-state index contributed by atoms with van der Waals surface area (Å²) in [6, 6.07) is 31.5. The van der Waals surface area contributed by atoms with Gasteiger partial charge in [0.1, 0.15) is 0 Å². The van der Waals surface area contributed by atoms with Gasteiger partial charge in [0.05, 0.1) is 22.5 Å². The van der Waals surface area contributed by atoms with Gasteiger partial charge in [0.15, 0.2) is 0 Å². The van der Waals surface area contributed by atoms with E-state index in [1.807, 2.05) is 62.3 Å². The monoisotopic (exact) mass is 582 g/mol. The third kappa shape index (κ3) is 4.66. The summed E-state index contributed by atoms with van der Waals surface area (Å²) in [5, 5.41) is 0. The molecule has 2 aliphatic heterocycles. The van der Waals surface area contributed by atoms with Crippen LogP contribution < -0.4 is 9.80 Å². The van der Waals surface area contributed by atoms with Gasteiger partial charge in [-0.3, -0.25) is 19.2 Å². The van der Waals surface area contributed by atoms with E-state index < -0.39 is 23.6 Å². The Balaban J connectivity index is 1.62. The number of amides is 4. The number of rotatable bonds is 6. The Morgan fingerprint density at radius 2 is 0.795 bits per heavy atom. The number of anilines is 2. The van der Waals surface area contributed by atoms with Crippen LogP contribution in [0.15, 0.2) is 120 Å².